The van der Waals surface area contributed by atoms with E-state index in [1.54, 1.807) is 24.2 Å². The van der Waals surface area contributed by atoms with Gasteiger partial charge in [-0.05, 0) is 31.2 Å². The van der Waals surface area contributed by atoms with Crippen molar-refractivity contribution in [2.75, 3.05) is 24.5 Å². The number of anilines is 1. The molecule has 0 saturated carbocycles. The van der Waals surface area contributed by atoms with E-state index in [2.05, 4.69) is 40.3 Å². The van der Waals surface area contributed by atoms with Crippen molar-refractivity contribution < 1.29 is 0 Å². The second-order valence-corrected chi connectivity index (χ2v) is 8.15. The number of nitrogens with zero attached hydrogens (tertiary/aromatic N) is 6. The summed E-state index contributed by atoms with van der Waals surface area (Å²) in [7, 11) is 0. The van der Waals surface area contributed by atoms with Crippen LogP contribution in [-0.2, 0) is 0 Å². The van der Waals surface area contributed by atoms with Gasteiger partial charge in [0.1, 0.15) is 10.8 Å². The Kier molecular flexibility index (Phi) is 7.72. The molecule has 1 aliphatic heterocycles. The van der Waals surface area contributed by atoms with Crippen molar-refractivity contribution in [3.8, 4) is 11.4 Å². The van der Waals surface area contributed by atoms with Crippen molar-refractivity contribution in [2.45, 2.75) is 22.9 Å². The van der Waals surface area contributed by atoms with E-state index in [4.69, 9.17) is 15.1 Å². The van der Waals surface area contributed by atoms with Gasteiger partial charge in [-0.3, -0.25) is 4.98 Å². The molecule has 5 rings (SSSR count). The van der Waals surface area contributed by atoms with Gasteiger partial charge in [-0.15, -0.1) is 29.9 Å². The monoisotopic (exact) mass is 475 g/mol. The van der Waals surface area contributed by atoms with E-state index < -0.39 is 0 Å². The molecule has 162 valence electrons. The first-order valence-corrected chi connectivity index (χ1v) is 10.5. The summed E-state index contributed by atoms with van der Waals surface area (Å²) in [5, 5.41) is 9.17. The highest BCUT2D eigenvalue weighted by Gasteiger charge is 2.21. The molecule has 0 aliphatic carbocycles. The number of rotatable bonds is 4. The Balaban J connectivity index is 0.00000136. The van der Waals surface area contributed by atoms with E-state index in [1.807, 2.05) is 34.8 Å². The number of benzene rings is 1. The molecule has 1 saturated heterocycles. The second kappa shape index (κ2) is 10.3. The van der Waals surface area contributed by atoms with Crippen LogP contribution in [-0.4, -0.2) is 50.2 Å². The van der Waals surface area contributed by atoms with Gasteiger partial charge in [-0.25, -0.2) is 4.98 Å². The molecule has 4 heterocycles. The molecule has 1 aromatic carbocycles. The Morgan fingerprint density at radius 1 is 1.06 bits per heavy atom. The average Bonchev–Trinajstić information content (AvgIpc) is 3.19. The van der Waals surface area contributed by atoms with Gasteiger partial charge in [-0.1, -0.05) is 30.0 Å². The first kappa shape index (κ1) is 23.3. The highest BCUT2D eigenvalue weighted by molar-refractivity contribution is 7.99. The van der Waals surface area contributed by atoms with Crippen molar-refractivity contribution in [1.29, 1.82) is 0 Å². The molecule has 1 aliphatic rings. The molecule has 10 heteroatoms. The number of fused-ring (bicyclic) bond motifs is 1. The third-order valence-corrected chi connectivity index (χ3v) is 5.77. The highest BCUT2D eigenvalue weighted by Crippen LogP contribution is 2.30. The molecule has 1 atom stereocenters. The molecule has 0 radical (unpaired) electrons. The van der Waals surface area contributed by atoms with Gasteiger partial charge in [0.25, 0.3) is 5.78 Å². The summed E-state index contributed by atoms with van der Waals surface area (Å²) in [6.07, 6.45) is 3.53. The summed E-state index contributed by atoms with van der Waals surface area (Å²) in [4.78, 5) is 17.2. The fourth-order valence-electron chi connectivity index (χ4n) is 3.48. The van der Waals surface area contributed by atoms with Crippen LogP contribution in [0.5, 0.6) is 0 Å². The molecule has 0 bridgehead atoms. The number of nitrogens with one attached hydrogen (secondary N) is 1. The zero-order chi connectivity index (χ0) is 19.6. The average molecular weight is 476 g/mol. The molecule has 1 N–H and O–H groups in total. The zero-order valence-corrected chi connectivity index (χ0v) is 19.3. The lowest BCUT2D eigenvalue weighted by molar-refractivity contribution is 0.479. The van der Waals surface area contributed by atoms with E-state index in [-0.39, 0.29) is 24.8 Å². The van der Waals surface area contributed by atoms with Crippen LogP contribution in [0.3, 0.4) is 0 Å². The maximum atomic E-state index is 4.78. The number of halogens is 2. The number of hydrogen-bond acceptors (Lipinski definition) is 7. The lowest BCUT2D eigenvalue weighted by Gasteiger charge is -2.33. The molecule has 4 aromatic rings. The van der Waals surface area contributed by atoms with Gasteiger partial charge in [0.05, 0.1) is 0 Å². The summed E-state index contributed by atoms with van der Waals surface area (Å²) < 4.78 is 1.86. The quantitative estimate of drug-likeness (QED) is 0.447. The van der Waals surface area contributed by atoms with E-state index in [1.165, 1.54) is 0 Å². The van der Waals surface area contributed by atoms with Crippen molar-refractivity contribution in [1.82, 2.24) is 29.9 Å². The number of piperazine rings is 1. The molecule has 7 nitrogen and oxygen atoms in total. The standard InChI is InChI=1S/C21H21N7S.2ClH/c1-15-14-27(11-10-23-15)19-12-18(29-17-7-3-2-4-8-17)24-21-25-20(26-28(19)21)16-6-5-9-22-13-16;;/h2-9,12-13,15,23H,10-11,14H2,1H3;2*1H. The molecule has 0 amide bonds. The summed E-state index contributed by atoms with van der Waals surface area (Å²) in [5.74, 6) is 2.26. The molecular formula is C21H23Cl2N7S. The van der Waals surface area contributed by atoms with Crippen molar-refractivity contribution in [2.24, 2.45) is 0 Å². The van der Waals surface area contributed by atoms with Gasteiger partial charge in [0, 0.05) is 54.6 Å². The predicted octanol–water partition coefficient (Wildman–Crippen LogP) is 3.98. The van der Waals surface area contributed by atoms with Crippen LogP contribution >= 0.6 is 36.6 Å². The molecule has 31 heavy (non-hydrogen) atoms. The second-order valence-electron chi connectivity index (χ2n) is 7.06. The zero-order valence-electron chi connectivity index (χ0n) is 16.9. The van der Waals surface area contributed by atoms with Crippen LogP contribution in [0.15, 0.2) is 70.8 Å². The van der Waals surface area contributed by atoms with Crippen LogP contribution in [0.1, 0.15) is 6.92 Å². The van der Waals surface area contributed by atoms with E-state index in [0.717, 1.165) is 40.9 Å². The minimum Gasteiger partial charge on any atom is -0.354 e. The van der Waals surface area contributed by atoms with Gasteiger partial charge < -0.3 is 10.2 Å². The third kappa shape index (κ3) is 5.10. The van der Waals surface area contributed by atoms with Crippen LogP contribution in [0, 0.1) is 0 Å². The topological polar surface area (TPSA) is 71.2 Å². The summed E-state index contributed by atoms with van der Waals surface area (Å²) in [6, 6.07) is 16.7. The van der Waals surface area contributed by atoms with Gasteiger partial charge >= 0.3 is 0 Å². The van der Waals surface area contributed by atoms with E-state index in [9.17, 15) is 0 Å². The van der Waals surface area contributed by atoms with Crippen molar-refractivity contribution >= 4 is 48.2 Å². The van der Waals surface area contributed by atoms with E-state index >= 15 is 0 Å². The molecule has 1 unspecified atom stereocenters. The van der Waals surface area contributed by atoms with Crippen LogP contribution in [0.25, 0.3) is 17.2 Å². The minimum absolute atomic E-state index is 0. The van der Waals surface area contributed by atoms with Crippen molar-refractivity contribution in [3.63, 3.8) is 0 Å². The number of hydrogen-bond donors (Lipinski definition) is 1. The Morgan fingerprint density at radius 3 is 2.65 bits per heavy atom. The SMILES string of the molecule is CC1CN(c2cc(Sc3ccccc3)nc3nc(-c4cccnc4)nn23)CCN1.Cl.Cl. The Morgan fingerprint density at radius 2 is 1.90 bits per heavy atom. The fourth-order valence-corrected chi connectivity index (χ4v) is 4.30. The van der Waals surface area contributed by atoms with Gasteiger partial charge in [0.15, 0.2) is 5.82 Å². The number of pyridine rings is 1. The van der Waals surface area contributed by atoms with Crippen LogP contribution < -0.4 is 10.2 Å². The van der Waals surface area contributed by atoms with Crippen LogP contribution in [0.2, 0.25) is 0 Å². The molecule has 0 spiro atoms. The maximum absolute atomic E-state index is 4.78. The third-order valence-electron chi connectivity index (χ3n) is 4.85. The van der Waals surface area contributed by atoms with Gasteiger partial charge in [-0.2, -0.15) is 9.50 Å². The minimum atomic E-state index is 0. The number of aromatic nitrogens is 5. The van der Waals surface area contributed by atoms with E-state index in [0.29, 0.717) is 17.6 Å². The molecule has 3 aromatic heterocycles. The van der Waals surface area contributed by atoms with Gasteiger partial charge in [0.2, 0.25) is 0 Å². The lowest BCUT2D eigenvalue weighted by atomic mass is 10.2. The Hall–Kier alpha value is -2.39. The first-order chi connectivity index (χ1) is 14.3. The summed E-state index contributed by atoms with van der Waals surface area (Å²) in [6.45, 7) is 4.97. The first-order valence-electron chi connectivity index (χ1n) is 9.66. The predicted molar refractivity (Wildman–Crippen MR) is 129 cm³/mol. The molecular weight excluding hydrogens is 453 g/mol. The highest BCUT2D eigenvalue weighted by atomic mass is 35.5. The Bertz CT molecular complexity index is 1120. The largest absolute Gasteiger partial charge is 0.354 e. The van der Waals surface area contributed by atoms with Crippen LogP contribution in [0.4, 0.5) is 5.82 Å². The lowest BCUT2D eigenvalue weighted by Crippen LogP contribution is -2.49. The smallest absolute Gasteiger partial charge is 0.255 e. The summed E-state index contributed by atoms with van der Waals surface area (Å²) in [5.41, 5.74) is 0.884. The maximum Gasteiger partial charge on any atom is 0.255 e. The molecule has 1 fully saturated rings. The van der Waals surface area contributed by atoms with Crippen molar-refractivity contribution in [3.05, 3.63) is 60.9 Å². The fraction of sp³-hybridized carbons (Fsp3) is 0.238. The summed E-state index contributed by atoms with van der Waals surface area (Å²) >= 11 is 1.64. The Labute approximate surface area is 197 Å². The normalized spacial score (nSPS) is 15.9.